The van der Waals surface area contributed by atoms with Crippen LogP contribution in [0.5, 0.6) is 5.75 Å². The van der Waals surface area contributed by atoms with Crippen molar-refractivity contribution in [3.8, 4) is 5.75 Å². The summed E-state index contributed by atoms with van der Waals surface area (Å²) in [6.45, 7) is 2.24. The largest absolute Gasteiger partial charge is 0.496 e. The van der Waals surface area contributed by atoms with Gasteiger partial charge in [-0.25, -0.2) is 4.79 Å². The molecular weight excluding hydrogens is 336 g/mol. The fraction of sp³-hybridized carbons (Fsp3) is 0.625. The molecule has 0 N–H and O–H groups in total. The molecule has 1 aromatic rings. The summed E-state index contributed by atoms with van der Waals surface area (Å²) in [5.74, 6) is 0.286. The highest BCUT2D eigenvalue weighted by molar-refractivity contribution is 5.94. The number of benzene rings is 1. The van der Waals surface area contributed by atoms with Crippen molar-refractivity contribution in [3.63, 3.8) is 0 Å². The van der Waals surface area contributed by atoms with Gasteiger partial charge in [0, 0.05) is 0 Å². The molecule has 152 valence electrons. The highest BCUT2D eigenvalue weighted by Crippen LogP contribution is 2.25. The van der Waals surface area contributed by atoms with Gasteiger partial charge >= 0.3 is 5.97 Å². The van der Waals surface area contributed by atoms with Crippen molar-refractivity contribution in [3.05, 3.63) is 41.5 Å². The number of hydrogen-bond acceptors (Lipinski definition) is 3. The first-order chi connectivity index (χ1) is 13.2. The number of carbonyl (C=O) groups is 1. The van der Waals surface area contributed by atoms with Crippen LogP contribution in [-0.2, 0) is 11.2 Å². The van der Waals surface area contributed by atoms with Crippen molar-refractivity contribution in [2.45, 2.75) is 84.0 Å². The number of carbonyl (C=O) groups excluding carboxylic acids is 1. The summed E-state index contributed by atoms with van der Waals surface area (Å²) in [4.78, 5) is 12.0. The van der Waals surface area contributed by atoms with E-state index in [2.05, 4.69) is 19.1 Å². The zero-order valence-electron chi connectivity index (χ0n) is 17.6. The zero-order chi connectivity index (χ0) is 19.7. The highest BCUT2D eigenvalue weighted by Gasteiger charge is 2.17. The number of ether oxygens (including phenoxy) is 2. The maximum atomic E-state index is 12.0. The summed E-state index contributed by atoms with van der Waals surface area (Å²) in [6.07, 6.45) is 19.5. The molecule has 0 heterocycles. The minimum absolute atomic E-state index is 0.314. The Morgan fingerprint density at radius 2 is 1.52 bits per heavy atom. The number of esters is 1. The maximum absolute atomic E-state index is 12.0. The van der Waals surface area contributed by atoms with Gasteiger partial charge in [0.25, 0.3) is 0 Å². The standard InChI is InChI=1S/C24H38O3/c1-4-5-6-7-8-9-10-11-12-13-14-15-16-18-21-19-17-20-22(26-2)23(21)24(25)27-3/h7-8,17,19-20H,4-6,9-16,18H2,1-3H3. The van der Waals surface area contributed by atoms with Crippen molar-refractivity contribution < 1.29 is 14.3 Å². The van der Waals surface area contributed by atoms with Crippen LogP contribution in [0.3, 0.4) is 0 Å². The molecule has 0 amide bonds. The average Bonchev–Trinajstić information content (AvgIpc) is 2.70. The lowest BCUT2D eigenvalue weighted by Gasteiger charge is -2.12. The van der Waals surface area contributed by atoms with Crippen molar-refractivity contribution in [2.75, 3.05) is 14.2 Å². The van der Waals surface area contributed by atoms with E-state index < -0.39 is 0 Å². The Labute approximate surface area is 166 Å². The monoisotopic (exact) mass is 374 g/mol. The molecule has 0 aliphatic rings. The van der Waals surface area contributed by atoms with E-state index in [1.807, 2.05) is 18.2 Å². The molecule has 0 radical (unpaired) electrons. The zero-order valence-corrected chi connectivity index (χ0v) is 17.6. The summed E-state index contributed by atoms with van der Waals surface area (Å²) >= 11 is 0. The molecule has 0 bridgehead atoms. The number of rotatable bonds is 15. The predicted octanol–water partition coefficient (Wildman–Crippen LogP) is 6.89. The lowest BCUT2D eigenvalue weighted by molar-refractivity contribution is 0.0595. The molecule has 3 heteroatoms. The first kappa shape index (κ1) is 23.3. The molecule has 0 saturated heterocycles. The molecule has 1 aromatic carbocycles. The Bertz CT molecular complexity index is 549. The smallest absolute Gasteiger partial charge is 0.341 e. The quantitative estimate of drug-likeness (QED) is 0.190. The molecular formula is C24H38O3. The van der Waals surface area contributed by atoms with Gasteiger partial charge < -0.3 is 9.47 Å². The van der Waals surface area contributed by atoms with E-state index >= 15 is 0 Å². The first-order valence-electron chi connectivity index (χ1n) is 10.6. The van der Waals surface area contributed by atoms with E-state index in [9.17, 15) is 4.79 Å². The van der Waals surface area contributed by atoms with E-state index in [0.29, 0.717) is 11.3 Å². The first-order valence-corrected chi connectivity index (χ1v) is 10.6. The average molecular weight is 375 g/mol. The van der Waals surface area contributed by atoms with Gasteiger partial charge in [-0.1, -0.05) is 76.2 Å². The lowest BCUT2D eigenvalue weighted by atomic mass is 9.99. The van der Waals surface area contributed by atoms with Crippen LogP contribution in [0.2, 0.25) is 0 Å². The van der Waals surface area contributed by atoms with Crippen LogP contribution >= 0.6 is 0 Å². The molecule has 0 aliphatic carbocycles. The Kier molecular flexibility index (Phi) is 13.2. The normalized spacial score (nSPS) is 11.1. The van der Waals surface area contributed by atoms with Crippen molar-refractivity contribution >= 4 is 5.97 Å². The SMILES string of the molecule is CCCCC=CCCCCCCCCCc1cccc(OC)c1C(=O)OC. The Morgan fingerprint density at radius 3 is 2.15 bits per heavy atom. The van der Waals surface area contributed by atoms with Crippen LogP contribution in [-0.4, -0.2) is 20.2 Å². The second-order valence-corrected chi connectivity index (χ2v) is 7.11. The number of hydrogen-bond donors (Lipinski definition) is 0. The molecule has 0 saturated carbocycles. The van der Waals surface area contributed by atoms with E-state index in [4.69, 9.17) is 9.47 Å². The molecule has 0 aromatic heterocycles. The third-order valence-corrected chi connectivity index (χ3v) is 4.93. The van der Waals surface area contributed by atoms with Crippen molar-refractivity contribution in [1.82, 2.24) is 0 Å². The summed E-state index contributed by atoms with van der Waals surface area (Å²) in [6, 6.07) is 5.76. The van der Waals surface area contributed by atoms with Crippen LogP contribution in [0.1, 0.15) is 93.5 Å². The number of allylic oxidation sites excluding steroid dienone is 2. The molecule has 27 heavy (non-hydrogen) atoms. The minimum atomic E-state index is -0.314. The number of methoxy groups -OCH3 is 2. The maximum Gasteiger partial charge on any atom is 0.341 e. The summed E-state index contributed by atoms with van der Waals surface area (Å²) in [5, 5.41) is 0. The summed E-state index contributed by atoms with van der Waals surface area (Å²) < 4.78 is 10.2. The summed E-state index contributed by atoms with van der Waals surface area (Å²) in [7, 11) is 3.01. The summed E-state index contributed by atoms with van der Waals surface area (Å²) in [5.41, 5.74) is 1.60. The second kappa shape index (κ2) is 15.3. The van der Waals surface area contributed by atoms with Gasteiger partial charge in [0.05, 0.1) is 14.2 Å². The van der Waals surface area contributed by atoms with Gasteiger partial charge in [-0.15, -0.1) is 0 Å². The third-order valence-electron chi connectivity index (χ3n) is 4.93. The van der Waals surface area contributed by atoms with Crippen LogP contribution in [0, 0.1) is 0 Å². The van der Waals surface area contributed by atoms with Gasteiger partial charge in [0.2, 0.25) is 0 Å². The minimum Gasteiger partial charge on any atom is -0.496 e. The van der Waals surface area contributed by atoms with Crippen molar-refractivity contribution in [1.29, 1.82) is 0 Å². The topological polar surface area (TPSA) is 35.5 Å². The van der Waals surface area contributed by atoms with E-state index in [0.717, 1.165) is 18.4 Å². The molecule has 3 nitrogen and oxygen atoms in total. The molecule has 1 rings (SSSR count). The van der Waals surface area contributed by atoms with Gasteiger partial charge in [-0.3, -0.25) is 0 Å². The van der Waals surface area contributed by atoms with Crippen molar-refractivity contribution in [2.24, 2.45) is 0 Å². The van der Waals surface area contributed by atoms with Crippen LogP contribution < -0.4 is 4.74 Å². The number of aryl methyl sites for hydroxylation is 1. The fourth-order valence-corrected chi connectivity index (χ4v) is 3.31. The highest BCUT2D eigenvalue weighted by atomic mass is 16.5. The van der Waals surface area contributed by atoms with Gasteiger partial charge in [-0.2, -0.15) is 0 Å². The third kappa shape index (κ3) is 9.65. The van der Waals surface area contributed by atoms with Crippen LogP contribution in [0.4, 0.5) is 0 Å². The number of unbranched alkanes of at least 4 members (excludes halogenated alkanes) is 9. The molecule has 0 unspecified atom stereocenters. The molecule has 0 fully saturated rings. The van der Waals surface area contributed by atoms with Gasteiger partial charge in [0.1, 0.15) is 11.3 Å². The Hall–Kier alpha value is -1.77. The molecule has 0 aliphatic heterocycles. The van der Waals surface area contributed by atoms with Gasteiger partial charge in [0.15, 0.2) is 0 Å². The molecule has 0 spiro atoms. The van der Waals surface area contributed by atoms with Crippen LogP contribution in [0.25, 0.3) is 0 Å². The predicted molar refractivity (Wildman–Crippen MR) is 114 cm³/mol. The Balaban J connectivity index is 2.17. The van der Waals surface area contributed by atoms with Gasteiger partial charge in [-0.05, 0) is 43.7 Å². The van der Waals surface area contributed by atoms with Crippen LogP contribution in [0.15, 0.2) is 30.4 Å². The molecule has 0 atom stereocenters. The van der Waals surface area contributed by atoms with E-state index in [-0.39, 0.29) is 5.97 Å². The lowest BCUT2D eigenvalue weighted by Crippen LogP contribution is -2.08. The fourth-order valence-electron chi connectivity index (χ4n) is 3.31. The Morgan fingerprint density at radius 1 is 0.889 bits per heavy atom. The van der Waals surface area contributed by atoms with E-state index in [1.165, 1.54) is 71.3 Å². The van der Waals surface area contributed by atoms with E-state index in [1.54, 1.807) is 7.11 Å². The second-order valence-electron chi connectivity index (χ2n) is 7.11.